The van der Waals surface area contributed by atoms with Crippen LogP contribution in [0, 0.1) is 5.92 Å². The van der Waals surface area contributed by atoms with Gasteiger partial charge in [0.25, 0.3) is 0 Å². The number of fused-ring (bicyclic) bond motifs is 1. The molecule has 2 N–H and O–H groups in total. The van der Waals surface area contributed by atoms with Crippen LogP contribution in [0.15, 0.2) is 42.5 Å². The Labute approximate surface area is 157 Å². The van der Waals surface area contributed by atoms with Crippen molar-refractivity contribution in [2.75, 3.05) is 25.0 Å². The fourth-order valence-electron chi connectivity index (χ4n) is 3.67. The lowest BCUT2D eigenvalue weighted by molar-refractivity contribution is -0.143. The third-order valence-electron chi connectivity index (χ3n) is 5.27. The van der Waals surface area contributed by atoms with Crippen LogP contribution in [0.5, 0.6) is 5.75 Å². The van der Waals surface area contributed by atoms with Gasteiger partial charge in [0.05, 0.1) is 12.5 Å². The van der Waals surface area contributed by atoms with Crippen LogP contribution in [0.4, 0.5) is 10.5 Å². The fraction of sp³-hybridized carbons (Fsp3) is 0.333. The predicted octanol–water partition coefficient (Wildman–Crippen LogP) is 3.62. The molecule has 0 aromatic heterocycles. The van der Waals surface area contributed by atoms with Crippen molar-refractivity contribution in [2.45, 2.75) is 19.3 Å². The van der Waals surface area contributed by atoms with E-state index in [1.165, 1.54) is 5.56 Å². The Balaban J connectivity index is 1.44. The van der Waals surface area contributed by atoms with Gasteiger partial charge < -0.3 is 20.1 Å². The van der Waals surface area contributed by atoms with Gasteiger partial charge in [0, 0.05) is 25.2 Å². The van der Waals surface area contributed by atoms with Crippen LogP contribution in [-0.4, -0.2) is 41.7 Å². The van der Waals surface area contributed by atoms with Crippen molar-refractivity contribution in [3.8, 4) is 16.9 Å². The molecule has 2 aromatic rings. The molecule has 2 aliphatic heterocycles. The number of amides is 2. The third-order valence-corrected chi connectivity index (χ3v) is 5.27. The Morgan fingerprint density at radius 3 is 2.63 bits per heavy atom. The Morgan fingerprint density at radius 1 is 1.07 bits per heavy atom. The molecule has 6 nitrogen and oxygen atoms in total. The van der Waals surface area contributed by atoms with Crippen LogP contribution in [0.2, 0.25) is 0 Å². The molecule has 2 heterocycles. The van der Waals surface area contributed by atoms with Gasteiger partial charge in [-0.2, -0.15) is 0 Å². The number of hydrogen-bond acceptors (Lipinski definition) is 3. The van der Waals surface area contributed by atoms with Gasteiger partial charge in [-0.25, -0.2) is 4.79 Å². The number of carbonyl (C=O) groups excluding carboxylic acids is 1. The van der Waals surface area contributed by atoms with Gasteiger partial charge in [-0.15, -0.1) is 0 Å². The predicted molar refractivity (Wildman–Crippen MR) is 102 cm³/mol. The molecule has 2 aromatic carbocycles. The highest BCUT2D eigenvalue weighted by Gasteiger charge is 2.27. The SMILES string of the molecule is O=C(O)C1CCN(C(=O)Nc2cccc(-c3ccc4c(c3)CCO4)c2)CC1. The van der Waals surface area contributed by atoms with E-state index in [1.807, 2.05) is 36.4 Å². The first kappa shape index (κ1) is 17.4. The minimum Gasteiger partial charge on any atom is -0.493 e. The number of ether oxygens (including phenoxy) is 1. The summed E-state index contributed by atoms with van der Waals surface area (Å²) >= 11 is 0. The van der Waals surface area contributed by atoms with Gasteiger partial charge in [0.15, 0.2) is 0 Å². The number of carbonyl (C=O) groups is 2. The number of carboxylic acid groups (broad SMARTS) is 1. The van der Waals surface area contributed by atoms with Crippen molar-refractivity contribution in [1.29, 1.82) is 0 Å². The van der Waals surface area contributed by atoms with E-state index in [4.69, 9.17) is 9.84 Å². The average Bonchev–Trinajstić information content (AvgIpc) is 3.16. The van der Waals surface area contributed by atoms with Gasteiger partial charge >= 0.3 is 12.0 Å². The lowest BCUT2D eigenvalue weighted by Crippen LogP contribution is -2.42. The second kappa shape index (κ2) is 7.31. The first-order valence-electron chi connectivity index (χ1n) is 9.25. The standard InChI is InChI=1S/C21H22N2O4/c24-20(25)14-6-9-23(10-7-14)21(26)22-18-3-1-2-15(13-18)16-4-5-19-17(12-16)8-11-27-19/h1-5,12-14H,6-11H2,(H,22,26)(H,24,25). The number of likely N-dealkylation sites (tertiary alicyclic amines) is 1. The number of anilines is 1. The second-order valence-electron chi connectivity index (χ2n) is 7.03. The van der Waals surface area contributed by atoms with Crippen molar-refractivity contribution in [3.63, 3.8) is 0 Å². The van der Waals surface area contributed by atoms with E-state index in [0.717, 1.165) is 35.6 Å². The summed E-state index contributed by atoms with van der Waals surface area (Å²) < 4.78 is 5.56. The number of benzene rings is 2. The summed E-state index contributed by atoms with van der Waals surface area (Å²) in [5.74, 6) is -0.170. The number of aliphatic carboxylic acids is 1. The molecule has 6 heteroatoms. The van der Waals surface area contributed by atoms with Crippen LogP contribution < -0.4 is 10.1 Å². The first-order valence-corrected chi connectivity index (χ1v) is 9.25. The maximum Gasteiger partial charge on any atom is 0.321 e. The molecule has 140 valence electrons. The van der Waals surface area contributed by atoms with Crippen molar-refractivity contribution < 1.29 is 19.4 Å². The number of nitrogens with zero attached hydrogens (tertiary/aromatic N) is 1. The van der Waals surface area contributed by atoms with Gasteiger partial charge in [0.2, 0.25) is 0 Å². The third kappa shape index (κ3) is 3.74. The maximum absolute atomic E-state index is 12.5. The van der Waals surface area contributed by atoms with Crippen molar-refractivity contribution >= 4 is 17.7 Å². The smallest absolute Gasteiger partial charge is 0.321 e. The molecule has 1 saturated heterocycles. The van der Waals surface area contributed by atoms with Crippen LogP contribution in [0.25, 0.3) is 11.1 Å². The molecule has 0 radical (unpaired) electrons. The molecule has 27 heavy (non-hydrogen) atoms. The lowest BCUT2D eigenvalue weighted by atomic mass is 9.97. The van der Waals surface area contributed by atoms with Crippen molar-refractivity contribution in [2.24, 2.45) is 5.92 Å². The number of carboxylic acids is 1. The zero-order valence-electron chi connectivity index (χ0n) is 15.0. The summed E-state index contributed by atoms with van der Waals surface area (Å²) in [5, 5.41) is 12.0. The van der Waals surface area contributed by atoms with E-state index >= 15 is 0 Å². The molecule has 0 spiro atoms. The van der Waals surface area contributed by atoms with Crippen LogP contribution in [-0.2, 0) is 11.2 Å². The summed E-state index contributed by atoms with van der Waals surface area (Å²) in [6.45, 7) is 1.66. The topological polar surface area (TPSA) is 78.9 Å². The normalized spacial score (nSPS) is 16.5. The van der Waals surface area contributed by atoms with Gasteiger partial charge in [-0.3, -0.25) is 4.79 Å². The summed E-state index contributed by atoms with van der Waals surface area (Å²) in [6.07, 6.45) is 1.92. The second-order valence-corrected chi connectivity index (χ2v) is 7.03. The molecule has 1 fully saturated rings. The molecular weight excluding hydrogens is 344 g/mol. The minimum absolute atomic E-state index is 0.182. The fourth-order valence-corrected chi connectivity index (χ4v) is 3.67. The lowest BCUT2D eigenvalue weighted by Gasteiger charge is -2.30. The highest BCUT2D eigenvalue weighted by atomic mass is 16.5. The van der Waals surface area contributed by atoms with Gasteiger partial charge in [-0.1, -0.05) is 18.2 Å². The van der Waals surface area contributed by atoms with Crippen LogP contribution >= 0.6 is 0 Å². The van der Waals surface area contributed by atoms with Gasteiger partial charge in [-0.05, 0) is 53.8 Å². The molecule has 4 rings (SSSR count). The molecule has 0 aliphatic carbocycles. The monoisotopic (exact) mass is 366 g/mol. The number of rotatable bonds is 3. The molecule has 0 atom stereocenters. The number of nitrogens with one attached hydrogen (secondary N) is 1. The van der Waals surface area contributed by atoms with E-state index < -0.39 is 5.97 Å². The first-order chi connectivity index (χ1) is 13.1. The quantitative estimate of drug-likeness (QED) is 0.870. The molecule has 2 amide bonds. The van der Waals surface area contributed by atoms with E-state index in [0.29, 0.717) is 25.9 Å². The van der Waals surface area contributed by atoms with Gasteiger partial charge in [0.1, 0.15) is 5.75 Å². The number of piperidine rings is 1. The Kier molecular flexibility index (Phi) is 4.71. The molecule has 0 unspecified atom stereocenters. The Hall–Kier alpha value is -3.02. The molecule has 0 saturated carbocycles. The molecular formula is C21H22N2O4. The summed E-state index contributed by atoms with van der Waals surface area (Å²) in [6, 6.07) is 13.7. The molecule has 0 bridgehead atoms. The van der Waals surface area contributed by atoms with E-state index in [-0.39, 0.29) is 11.9 Å². The zero-order chi connectivity index (χ0) is 18.8. The Morgan fingerprint density at radius 2 is 1.85 bits per heavy atom. The molecule has 2 aliphatic rings. The summed E-state index contributed by atoms with van der Waals surface area (Å²) in [7, 11) is 0. The number of hydrogen-bond donors (Lipinski definition) is 2. The highest BCUT2D eigenvalue weighted by molar-refractivity contribution is 5.90. The Bertz CT molecular complexity index is 872. The zero-order valence-corrected chi connectivity index (χ0v) is 15.0. The number of urea groups is 1. The van der Waals surface area contributed by atoms with Crippen molar-refractivity contribution in [3.05, 3.63) is 48.0 Å². The van der Waals surface area contributed by atoms with Crippen molar-refractivity contribution in [1.82, 2.24) is 4.90 Å². The van der Waals surface area contributed by atoms with E-state index in [9.17, 15) is 9.59 Å². The van der Waals surface area contributed by atoms with Crippen LogP contribution in [0.1, 0.15) is 18.4 Å². The van der Waals surface area contributed by atoms with E-state index in [2.05, 4.69) is 11.4 Å². The minimum atomic E-state index is -0.775. The summed E-state index contributed by atoms with van der Waals surface area (Å²) in [4.78, 5) is 25.2. The average molecular weight is 366 g/mol. The largest absolute Gasteiger partial charge is 0.493 e. The van der Waals surface area contributed by atoms with E-state index in [1.54, 1.807) is 4.90 Å². The maximum atomic E-state index is 12.5. The van der Waals surface area contributed by atoms with Crippen LogP contribution in [0.3, 0.4) is 0 Å². The highest BCUT2D eigenvalue weighted by Crippen LogP contribution is 2.31. The summed E-state index contributed by atoms with van der Waals surface area (Å²) in [5.41, 5.74) is 4.07.